The second-order valence-electron chi connectivity index (χ2n) is 10.1. The Kier molecular flexibility index (Phi) is 9.48. The highest BCUT2D eigenvalue weighted by molar-refractivity contribution is 7.99. The van der Waals surface area contributed by atoms with E-state index >= 15 is 0 Å². The van der Waals surface area contributed by atoms with Crippen LogP contribution in [0.2, 0.25) is 5.02 Å². The summed E-state index contributed by atoms with van der Waals surface area (Å²) >= 11 is 7.85. The minimum Gasteiger partial charge on any atom is -0.481 e. The molecule has 0 aliphatic heterocycles. The van der Waals surface area contributed by atoms with Gasteiger partial charge in [-0.25, -0.2) is 0 Å². The maximum atomic E-state index is 11.2. The molecule has 0 saturated heterocycles. The molecule has 0 aliphatic carbocycles. The Morgan fingerprint density at radius 2 is 1.76 bits per heavy atom. The van der Waals surface area contributed by atoms with E-state index in [0.29, 0.717) is 10.8 Å². The van der Waals surface area contributed by atoms with Gasteiger partial charge in [0, 0.05) is 27.1 Å². The Morgan fingerprint density at radius 1 is 0.974 bits per heavy atom. The molecular weight excluding hydrogens is 514 g/mol. The number of halogens is 1. The number of hydrogen-bond donors (Lipinski definition) is 2. The van der Waals surface area contributed by atoms with Crippen molar-refractivity contribution in [3.63, 3.8) is 0 Å². The van der Waals surface area contributed by atoms with E-state index in [-0.39, 0.29) is 11.7 Å². The summed E-state index contributed by atoms with van der Waals surface area (Å²) in [6.07, 6.45) is 3.48. The Balaban J connectivity index is 1.49. The summed E-state index contributed by atoms with van der Waals surface area (Å²) in [5.74, 6) is -0.220. The molecule has 1 aromatic heterocycles. The Labute approximate surface area is 234 Å². The van der Waals surface area contributed by atoms with E-state index in [9.17, 15) is 15.0 Å². The molecule has 1 atom stereocenters. The first-order valence-corrected chi connectivity index (χ1v) is 14.4. The summed E-state index contributed by atoms with van der Waals surface area (Å²) in [4.78, 5) is 16.0. The van der Waals surface area contributed by atoms with Crippen LogP contribution in [0.25, 0.3) is 10.9 Å². The molecule has 4 rings (SSSR count). The number of carbonyl (C=O) groups is 1. The van der Waals surface area contributed by atoms with Gasteiger partial charge in [-0.15, -0.1) is 0 Å². The molecule has 3 aromatic carbocycles. The number of pyridine rings is 1. The molecule has 0 radical (unpaired) electrons. The quantitative estimate of drug-likeness (QED) is 0.189. The molecule has 4 nitrogen and oxygen atoms in total. The number of aliphatic hydroxyl groups is 1. The lowest BCUT2D eigenvalue weighted by Gasteiger charge is -2.23. The summed E-state index contributed by atoms with van der Waals surface area (Å²) in [7, 11) is 0. The van der Waals surface area contributed by atoms with Gasteiger partial charge in [0.2, 0.25) is 0 Å². The third-order valence-corrected chi connectivity index (χ3v) is 8.28. The van der Waals surface area contributed by atoms with E-state index in [2.05, 4.69) is 42.5 Å². The lowest BCUT2D eigenvalue weighted by Crippen LogP contribution is -2.18. The predicted molar refractivity (Wildman–Crippen MR) is 158 cm³/mol. The topological polar surface area (TPSA) is 70.4 Å². The zero-order chi connectivity index (χ0) is 27.1. The summed E-state index contributed by atoms with van der Waals surface area (Å²) in [6, 6.07) is 26.6. The lowest BCUT2D eigenvalue weighted by molar-refractivity contribution is -0.136. The smallest absolute Gasteiger partial charge is 0.304 e. The summed E-state index contributed by atoms with van der Waals surface area (Å²) < 4.78 is 0. The van der Waals surface area contributed by atoms with Crippen LogP contribution in [0.4, 0.5) is 0 Å². The van der Waals surface area contributed by atoms with Gasteiger partial charge in [-0.3, -0.25) is 9.78 Å². The van der Waals surface area contributed by atoms with Gasteiger partial charge in [0.05, 0.1) is 17.5 Å². The van der Waals surface area contributed by atoms with Crippen LogP contribution in [0.1, 0.15) is 59.9 Å². The molecule has 0 saturated carbocycles. The highest BCUT2D eigenvalue weighted by Crippen LogP contribution is 2.36. The van der Waals surface area contributed by atoms with Crippen molar-refractivity contribution in [1.29, 1.82) is 0 Å². The average molecular weight is 548 g/mol. The third kappa shape index (κ3) is 7.83. The molecule has 4 aromatic rings. The van der Waals surface area contributed by atoms with Crippen LogP contribution in [0, 0.1) is 0 Å². The molecule has 0 fully saturated rings. The molecule has 2 N–H and O–H groups in total. The maximum Gasteiger partial charge on any atom is 0.304 e. The third-order valence-electron chi connectivity index (χ3n) is 6.69. The molecular formula is C32H34ClNO3S. The molecule has 1 unspecified atom stereocenters. The fourth-order valence-corrected chi connectivity index (χ4v) is 6.12. The lowest BCUT2D eigenvalue weighted by atomic mass is 9.90. The van der Waals surface area contributed by atoms with Gasteiger partial charge in [0.25, 0.3) is 0 Å². The monoisotopic (exact) mass is 547 g/mol. The number of benzene rings is 3. The molecule has 198 valence electrons. The van der Waals surface area contributed by atoms with Gasteiger partial charge in [0.15, 0.2) is 0 Å². The van der Waals surface area contributed by atoms with Crippen molar-refractivity contribution in [2.24, 2.45) is 0 Å². The second-order valence-corrected chi connectivity index (χ2v) is 11.9. The number of carboxylic acid groups (broad SMARTS) is 1. The van der Waals surface area contributed by atoms with E-state index in [1.807, 2.05) is 50.2 Å². The predicted octanol–water partition coefficient (Wildman–Crippen LogP) is 7.78. The Morgan fingerprint density at radius 3 is 2.55 bits per heavy atom. The van der Waals surface area contributed by atoms with Crippen molar-refractivity contribution >= 4 is 40.2 Å². The van der Waals surface area contributed by atoms with E-state index in [4.69, 9.17) is 16.6 Å². The zero-order valence-electron chi connectivity index (χ0n) is 21.9. The Hall–Kier alpha value is -2.86. The number of rotatable bonds is 12. The molecule has 0 amide bonds. The zero-order valence-corrected chi connectivity index (χ0v) is 23.4. The number of aryl methyl sites for hydroxylation is 3. The van der Waals surface area contributed by atoms with Gasteiger partial charge >= 0.3 is 5.97 Å². The average Bonchev–Trinajstić information content (AvgIpc) is 2.88. The van der Waals surface area contributed by atoms with E-state index in [0.717, 1.165) is 53.4 Å². The number of hydrogen-bond acceptors (Lipinski definition) is 4. The standard InChI is InChI=1S/C32H34ClNO3S/c1-32(2,37)28-9-4-3-7-23(28)13-17-30(38-19-18-31(35)36)25-8-5-6-22(20-25)10-15-27-16-12-24-11-14-26(33)21-29(24)34-27/h3-9,11-12,14,16,20-21,30,37H,10,13,15,17-19H2,1-2H3,(H,35,36). The van der Waals surface area contributed by atoms with E-state index in [1.165, 1.54) is 11.1 Å². The first kappa shape index (κ1) is 28.2. The minimum atomic E-state index is -0.912. The molecule has 38 heavy (non-hydrogen) atoms. The van der Waals surface area contributed by atoms with Gasteiger partial charge in [-0.2, -0.15) is 11.8 Å². The van der Waals surface area contributed by atoms with Crippen molar-refractivity contribution in [2.45, 2.75) is 56.8 Å². The number of nitrogens with zero attached hydrogens (tertiary/aromatic N) is 1. The molecule has 1 heterocycles. The van der Waals surface area contributed by atoms with Gasteiger partial charge in [-0.1, -0.05) is 72.3 Å². The van der Waals surface area contributed by atoms with Crippen LogP contribution in [0.5, 0.6) is 0 Å². The summed E-state index contributed by atoms with van der Waals surface area (Å²) in [6.45, 7) is 3.63. The fourth-order valence-electron chi connectivity index (χ4n) is 4.75. The normalized spacial score (nSPS) is 12.5. The van der Waals surface area contributed by atoms with Gasteiger partial charge in [-0.05, 0) is 80.0 Å². The fraction of sp³-hybridized carbons (Fsp3) is 0.312. The van der Waals surface area contributed by atoms with Crippen LogP contribution in [-0.4, -0.2) is 26.9 Å². The largest absolute Gasteiger partial charge is 0.481 e. The van der Waals surface area contributed by atoms with Crippen molar-refractivity contribution in [2.75, 3.05) is 5.75 Å². The van der Waals surface area contributed by atoms with E-state index < -0.39 is 11.6 Å². The number of fused-ring (bicyclic) bond motifs is 1. The molecule has 0 aliphatic rings. The molecule has 0 bridgehead atoms. The second kappa shape index (κ2) is 12.8. The van der Waals surface area contributed by atoms with Crippen LogP contribution in [-0.2, 0) is 29.7 Å². The minimum absolute atomic E-state index is 0.138. The number of aromatic nitrogens is 1. The van der Waals surface area contributed by atoms with Crippen molar-refractivity contribution < 1.29 is 15.0 Å². The number of thioether (sulfide) groups is 1. The van der Waals surface area contributed by atoms with E-state index in [1.54, 1.807) is 11.8 Å². The van der Waals surface area contributed by atoms with Crippen molar-refractivity contribution in [3.05, 3.63) is 112 Å². The van der Waals surface area contributed by atoms with Crippen LogP contribution >= 0.6 is 23.4 Å². The molecule has 0 spiro atoms. The summed E-state index contributed by atoms with van der Waals surface area (Å²) in [5, 5.41) is 21.7. The number of carboxylic acids is 1. The molecule has 6 heteroatoms. The van der Waals surface area contributed by atoms with Crippen LogP contribution < -0.4 is 0 Å². The first-order chi connectivity index (χ1) is 18.2. The van der Waals surface area contributed by atoms with Crippen molar-refractivity contribution in [3.8, 4) is 0 Å². The Bertz CT molecular complexity index is 1400. The highest BCUT2D eigenvalue weighted by atomic mass is 35.5. The first-order valence-electron chi connectivity index (χ1n) is 13.0. The van der Waals surface area contributed by atoms with Gasteiger partial charge < -0.3 is 10.2 Å². The van der Waals surface area contributed by atoms with Crippen molar-refractivity contribution in [1.82, 2.24) is 4.98 Å². The van der Waals surface area contributed by atoms with Crippen LogP contribution in [0.3, 0.4) is 0 Å². The van der Waals surface area contributed by atoms with Gasteiger partial charge in [0.1, 0.15) is 0 Å². The van der Waals surface area contributed by atoms with Crippen LogP contribution in [0.15, 0.2) is 78.9 Å². The summed E-state index contributed by atoms with van der Waals surface area (Å²) in [5.41, 5.74) is 5.53. The number of aliphatic carboxylic acids is 1. The SMILES string of the molecule is CC(C)(O)c1ccccc1CCC(SCCC(=O)O)c1cccc(CCc2ccc3ccc(Cl)cc3n2)c1. The maximum absolute atomic E-state index is 11.2. The highest BCUT2D eigenvalue weighted by Gasteiger charge is 2.21.